The van der Waals surface area contributed by atoms with Crippen molar-refractivity contribution in [1.82, 2.24) is 0 Å². The zero-order chi connectivity index (χ0) is 17.9. The molecule has 0 fully saturated rings. The van der Waals surface area contributed by atoms with Crippen molar-refractivity contribution in [1.29, 1.82) is 0 Å². The molecule has 0 N–H and O–H groups in total. The Bertz CT molecular complexity index is 486. The summed E-state index contributed by atoms with van der Waals surface area (Å²) in [6.45, 7) is 1.99. The van der Waals surface area contributed by atoms with E-state index in [4.69, 9.17) is 0 Å². The quantitative estimate of drug-likeness (QED) is 0.458. The van der Waals surface area contributed by atoms with E-state index in [2.05, 4.69) is 4.99 Å². The summed E-state index contributed by atoms with van der Waals surface area (Å²) in [5.74, 6) is 0. The van der Waals surface area contributed by atoms with Crippen molar-refractivity contribution in [3.05, 3.63) is 22.9 Å². The maximum atomic E-state index is 12.8. The smallest absolute Gasteiger partial charge is 0.239 e. The van der Waals surface area contributed by atoms with Crippen LogP contribution < -0.4 is 0 Å². The van der Waals surface area contributed by atoms with E-state index in [1.165, 1.54) is 6.92 Å². The van der Waals surface area contributed by atoms with E-state index >= 15 is 0 Å². The molecule has 0 bridgehead atoms. The second-order valence-electron chi connectivity index (χ2n) is 4.20. The lowest BCUT2D eigenvalue weighted by Gasteiger charge is -2.17. The third-order valence-electron chi connectivity index (χ3n) is 2.53. The lowest BCUT2D eigenvalue weighted by molar-refractivity contribution is -0.0933. The number of rotatable bonds is 3. The van der Waals surface area contributed by atoms with Gasteiger partial charge in [-0.2, -0.15) is 39.5 Å². The monoisotopic (exact) mass is 341 g/mol. The van der Waals surface area contributed by atoms with Gasteiger partial charge in [0.05, 0.1) is 0 Å². The lowest BCUT2D eigenvalue weighted by atomic mass is 10.1. The van der Waals surface area contributed by atoms with Gasteiger partial charge in [0.2, 0.25) is 0 Å². The van der Waals surface area contributed by atoms with Crippen LogP contribution in [0.1, 0.15) is 27.2 Å². The Kier molecular flexibility index (Phi) is 6.29. The first-order valence-electron chi connectivity index (χ1n) is 5.80. The van der Waals surface area contributed by atoms with Crippen molar-refractivity contribution in [3.63, 3.8) is 0 Å². The molecular weight excluding hydrogens is 329 g/mol. The Morgan fingerprint density at radius 2 is 1.27 bits per heavy atom. The molecule has 0 saturated heterocycles. The third kappa shape index (κ3) is 5.72. The SMILES string of the molecule is CC/C=C(/N=C(/C(C)=C(\C)C(F)(F)F)C(F)(F)F)C(F)(F)F. The molecule has 0 aliphatic heterocycles. The van der Waals surface area contributed by atoms with Crippen LogP contribution in [0.15, 0.2) is 27.9 Å². The highest BCUT2D eigenvalue weighted by Crippen LogP contribution is 2.34. The van der Waals surface area contributed by atoms with Gasteiger partial charge < -0.3 is 0 Å². The molecule has 0 aromatic rings. The van der Waals surface area contributed by atoms with Crippen LogP contribution in [0, 0.1) is 0 Å². The van der Waals surface area contributed by atoms with E-state index < -0.39 is 41.1 Å². The zero-order valence-electron chi connectivity index (χ0n) is 11.6. The molecule has 0 rings (SSSR count). The Morgan fingerprint density at radius 1 is 0.818 bits per heavy atom. The van der Waals surface area contributed by atoms with E-state index in [9.17, 15) is 39.5 Å². The maximum absolute atomic E-state index is 12.8. The van der Waals surface area contributed by atoms with E-state index in [0.29, 0.717) is 19.9 Å². The summed E-state index contributed by atoms with van der Waals surface area (Å²) in [5, 5.41) is 0. The van der Waals surface area contributed by atoms with Gasteiger partial charge in [0.1, 0.15) is 11.4 Å². The van der Waals surface area contributed by atoms with Crippen molar-refractivity contribution in [3.8, 4) is 0 Å². The molecule has 22 heavy (non-hydrogen) atoms. The second-order valence-corrected chi connectivity index (χ2v) is 4.20. The van der Waals surface area contributed by atoms with Crippen molar-refractivity contribution in [2.75, 3.05) is 0 Å². The molecule has 0 aliphatic rings. The number of hydrogen-bond donors (Lipinski definition) is 0. The number of hydrogen-bond acceptors (Lipinski definition) is 1. The van der Waals surface area contributed by atoms with Gasteiger partial charge >= 0.3 is 18.5 Å². The predicted molar refractivity (Wildman–Crippen MR) is 62.3 cm³/mol. The number of alkyl halides is 9. The van der Waals surface area contributed by atoms with Gasteiger partial charge in [-0.15, -0.1) is 0 Å². The standard InChI is InChI=1S/C12H12F9N/c1-4-5-8(11(16,17)18)22-9(12(19,20)21)6(2)7(3)10(13,14)15/h5H,4H2,1-3H3/b7-6+,8-5+,22-9-. The molecule has 1 nitrogen and oxygen atoms in total. The Hall–Kier alpha value is -1.48. The second kappa shape index (κ2) is 6.74. The molecule has 0 spiro atoms. The molecule has 0 aromatic carbocycles. The minimum absolute atomic E-state index is 0.287. The fourth-order valence-corrected chi connectivity index (χ4v) is 1.29. The van der Waals surface area contributed by atoms with Gasteiger partial charge in [-0.3, -0.25) is 0 Å². The zero-order valence-corrected chi connectivity index (χ0v) is 11.6. The first-order valence-corrected chi connectivity index (χ1v) is 5.80. The molecule has 0 radical (unpaired) electrons. The van der Waals surface area contributed by atoms with Gasteiger partial charge in [0, 0.05) is 5.57 Å². The lowest BCUT2D eigenvalue weighted by Crippen LogP contribution is -2.28. The van der Waals surface area contributed by atoms with E-state index in [1.54, 1.807) is 0 Å². The Balaban J connectivity index is 6.31. The van der Waals surface area contributed by atoms with Crippen LogP contribution in [0.3, 0.4) is 0 Å². The fraction of sp³-hybridized carbons (Fsp3) is 0.583. The summed E-state index contributed by atoms with van der Waals surface area (Å²) in [5.41, 5.74) is -7.19. The first-order chi connectivity index (χ1) is 9.62. The fourth-order valence-electron chi connectivity index (χ4n) is 1.29. The molecule has 0 aromatic heterocycles. The number of nitrogens with zero attached hydrogens (tertiary/aromatic N) is 1. The van der Waals surface area contributed by atoms with Gasteiger partial charge in [0.25, 0.3) is 0 Å². The Labute approximate surface area is 120 Å². The Morgan fingerprint density at radius 3 is 1.55 bits per heavy atom. The average molecular weight is 341 g/mol. The van der Waals surface area contributed by atoms with Crippen molar-refractivity contribution in [2.24, 2.45) is 4.99 Å². The van der Waals surface area contributed by atoms with Crippen LogP contribution in [0.5, 0.6) is 0 Å². The third-order valence-corrected chi connectivity index (χ3v) is 2.53. The van der Waals surface area contributed by atoms with Crippen LogP contribution in [0.25, 0.3) is 0 Å². The van der Waals surface area contributed by atoms with Gasteiger partial charge in [0.15, 0.2) is 0 Å². The summed E-state index contributed by atoms with van der Waals surface area (Å²) < 4.78 is 113. The van der Waals surface area contributed by atoms with Crippen LogP contribution >= 0.6 is 0 Å². The summed E-state index contributed by atoms with van der Waals surface area (Å²) in [6, 6.07) is 0. The molecule has 0 saturated carbocycles. The average Bonchev–Trinajstić information content (AvgIpc) is 2.28. The molecule has 0 atom stereocenters. The first kappa shape index (κ1) is 20.5. The summed E-state index contributed by atoms with van der Waals surface area (Å²) in [6.07, 6.45) is -15.7. The van der Waals surface area contributed by atoms with Crippen molar-refractivity contribution >= 4 is 5.71 Å². The van der Waals surface area contributed by atoms with Crippen LogP contribution in [0.2, 0.25) is 0 Å². The van der Waals surface area contributed by atoms with E-state index in [1.807, 2.05) is 0 Å². The van der Waals surface area contributed by atoms with Gasteiger partial charge in [-0.05, 0) is 25.8 Å². The van der Waals surface area contributed by atoms with Crippen LogP contribution in [0.4, 0.5) is 39.5 Å². The predicted octanol–water partition coefficient (Wildman–Crippen LogP) is 5.74. The van der Waals surface area contributed by atoms with Crippen molar-refractivity contribution in [2.45, 2.75) is 45.7 Å². The number of halogens is 9. The molecule has 0 amide bonds. The normalized spacial score (nSPS) is 16.7. The molecule has 0 aliphatic carbocycles. The van der Waals surface area contributed by atoms with Crippen molar-refractivity contribution < 1.29 is 39.5 Å². The maximum Gasteiger partial charge on any atom is 0.433 e. The summed E-state index contributed by atoms with van der Waals surface area (Å²) >= 11 is 0. The van der Waals surface area contributed by atoms with Crippen LogP contribution in [-0.2, 0) is 0 Å². The molecule has 0 heterocycles. The highest BCUT2D eigenvalue weighted by atomic mass is 19.4. The van der Waals surface area contributed by atoms with Gasteiger partial charge in [-0.1, -0.05) is 13.0 Å². The molecule has 10 heteroatoms. The minimum atomic E-state index is -5.46. The largest absolute Gasteiger partial charge is 0.433 e. The highest BCUT2D eigenvalue weighted by Gasteiger charge is 2.43. The minimum Gasteiger partial charge on any atom is -0.239 e. The van der Waals surface area contributed by atoms with Gasteiger partial charge in [-0.25, -0.2) is 4.99 Å². The van der Waals surface area contributed by atoms with E-state index in [0.717, 1.165) is 0 Å². The van der Waals surface area contributed by atoms with E-state index in [-0.39, 0.29) is 6.42 Å². The highest BCUT2D eigenvalue weighted by molar-refractivity contribution is 6.05. The molecule has 128 valence electrons. The number of allylic oxidation sites excluding steroid dienone is 4. The summed E-state index contributed by atoms with van der Waals surface area (Å²) in [4.78, 5) is 2.41. The molecular formula is C12H12F9N. The molecule has 0 unspecified atom stereocenters. The number of aliphatic imine (C=N–C) groups is 1. The topological polar surface area (TPSA) is 12.4 Å². The van der Waals surface area contributed by atoms with Crippen LogP contribution in [-0.4, -0.2) is 24.2 Å². The summed E-state index contributed by atoms with van der Waals surface area (Å²) in [7, 11) is 0.